The molecule has 0 radical (unpaired) electrons. The van der Waals surface area contributed by atoms with Crippen LogP contribution in [0.25, 0.3) is 0 Å². The van der Waals surface area contributed by atoms with Crippen LogP contribution in [-0.2, 0) is 30.6 Å². The largest absolute Gasteiger partial charge is 0.481 e. The van der Waals surface area contributed by atoms with Crippen LogP contribution in [0.1, 0.15) is 54.2 Å². The van der Waals surface area contributed by atoms with Gasteiger partial charge in [-0.3, -0.25) is 18.7 Å². The summed E-state index contributed by atoms with van der Waals surface area (Å²) in [6, 6.07) is 14.4. The fourth-order valence-corrected chi connectivity index (χ4v) is 7.48. The molecule has 14 heteroatoms. The molecule has 2 aliphatic rings. The number of halogens is 4. The van der Waals surface area contributed by atoms with E-state index in [1.807, 2.05) is 0 Å². The lowest BCUT2D eigenvalue weighted by Gasteiger charge is -2.35. The molecule has 0 aromatic heterocycles. The van der Waals surface area contributed by atoms with E-state index in [-0.39, 0.29) is 35.6 Å². The molecule has 0 spiro atoms. The van der Waals surface area contributed by atoms with Crippen LogP contribution in [0.3, 0.4) is 0 Å². The zero-order chi connectivity index (χ0) is 33.4. The van der Waals surface area contributed by atoms with E-state index in [2.05, 4.69) is 10.6 Å². The van der Waals surface area contributed by atoms with E-state index in [1.165, 1.54) is 25.2 Å². The first-order valence-electron chi connectivity index (χ1n) is 14.5. The van der Waals surface area contributed by atoms with Gasteiger partial charge in [0.15, 0.2) is 0 Å². The van der Waals surface area contributed by atoms with Gasteiger partial charge in [-0.15, -0.1) is 0 Å². The molecule has 244 valence electrons. The summed E-state index contributed by atoms with van der Waals surface area (Å²) in [7, 11) is -2.61. The number of rotatable bonds is 8. The van der Waals surface area contributed by atoms with E-state index in [0.29, 0.717) is 36.7 Å². The number of nitrogens with zero attached hydrogens (tertiary/aromatic N) is 1. The van der Waals surface area contributed by atoms with E-state index < -0.39 is 62.9 Å². The van der Waals surface area contributed by atoms with Crippen molar-refractivity contribution in [1.82, 2.24) is 5.32 Å². The highest BCUT2D eigenvalue weighted by Gasteiger charge is 2.43. The van der Waals surface area contributed by atoms with Gasteiger partial charge in [-0.25, -0.2) is 12.8 Å². The number of benzene rings is 3. The number of carboxylic acid groups (broad SMARTS) is 1. The number of nitrogens with one attached hydrogen (secondary N) is 2. The molecular formula is C32H31F4N3O6S. The number of sulfonamides is 1. The molecule has 1 saturated carbocycles. The van der Waals surface area contributed by atoms with Crippen molar-refractivity contribution in [2.45, 2.75) is 48.6 Å². The molecular weight excluding hydrogens is 630 g/mol. The maximum absolute atomic E-state index is 14.4. The van der Waals surface area contributed by atoms with Crippen molar-refractivity contribution in [2.24, 2.45) is 11.8 Å². The third kappa shape index (κ3) is 6.71. The Labute approximate surface area is 262 Å². The van der Waals surface area contributed by atoms with Crippen LogP contribution >= 0.6 is 0 Å². The molecule has 9 nitrogen and oxygen atoms in total. The van der Waals surface area contributed by atoms with Crippen molar-refractivity contribution in [1.29, 1.82) is 0 Å². The zero-order valence-corrected chi connectivity index (χ0v) is 25.4. The summed E-state index contributed by atoms with van der Waals surface area (Å²) >= 11 is 0. The van der Waals surface area contributed by atoms with Gasteiger partial charge in [0.25, 0.3) is 10.0 Å². The molecule has 2 amide bonds. The molecule has 1 saturated heterocycles. The standard InChI is InChI=1S/C32H31F4N3O6S/c1-39(46(44,45)23-5-2-4-19(14-23)20-15-28(40)37-17-20)22-11-8-18(9-12-22)24-6-3-7-25(29(24)31(42)43)30(41)38-27-13-10-21(16-26(27)33)32(34,35)36/h2,4-5,8-14,16,20,24-25,29H,3,6-7,15,17H2,1H3,(H,37,40)(H,38,41)(H,42,43)/t20?,24-,25-,29-/m1/s1. The second kappa shape index (κ2) is 12.7. The maximum atomic E-state index is 14.4. The Bertz CT molecular complexity index is 1760. The SMILES string of the molecule is CN(c1ccc([C@H]2CCC[C@@H](C(=O)Nc3ccc(C(F)(F)F)cc3F)[C@@H]2C(=O)O)cc1)S(=O)(=O)c1cccc(C2CNC(=O)C2)c1. The summed E-state index contributed by atoms with van der Waals surface area (Å²) < 4.78 is 81.2. The van der Waals surface area contributed by atoms with Gasteiger partial charge < -0.3 is 15.7 Å². The van der Waals surface area contributed by atoms with E-state index >= 15 is 0 Å². The summed E-state index contributed by atoms with van der Waals surface area (Å²) in [5, 5.41) is 15.1. The monoisotopic (exact) mass is 661 g/mol. The molecule has 3 aromatic rings. The molecule has 2 fully saturated rings. The Morgan fingerprint density at radius 1 is 1.00 bits per heavy atom. The van der Waals surface area contributed by atoms with E-state index in [0.717, 1.165) is 15.9 Å². The Hall–Kier alpha value is -4.46. The first-order valence-corrected chi connectivity index (χ1v) is 16.0. The lowest BCUT2D eigenvalue weighted by Crippen LogP contribution is -2.40. The van der Waals surface area contributed by atoms with Gasteiger partial charge in [0, 0.05) is 25.9 Å². The highest BCUT2D eigenvalue weighted by Crippen LogP contribution is 2.43. The van der Waals surface area contributed by atoms with Gasteiger partial charge in [0.1, 0.15) is 5.82 Å². The average molecular weight is 662 g/mol. The summed E-state index contributed by atoms with van der Waals surface area (Å²) in [6.45, 7) is 0.423. The topological polar surface area (TPSA) is 133 Å². The fraction of sp³-hybridized carbons (Fsp3) is 0.344. The van der Waals surface area contributed by atoms with Gasteiger partial charge in [0.2, 0.25) is 11.8 Å². The highest BCUT2D eigenvalue weighted by molar-refractivity contribution is 7.92. The van der Waals surface area contributed by atoms with Crippen LogP contribution in [0.4, 0.5) is 28.9 Å². The molecule has 1 unspecified atom stereocenters. The van der Waals surface area contributed by atoms with Gasteiger partial charge in [-0.1, -0.05) is 30.7 Å². The van der Waals surface area contributed by atoms with Crippen molar-refractivity contribution < 1.29 is 45.5 Å². The minimum atomic E-state index is -4.77. The van der Waals surface area contributed by atoms with Crippen LogP contribution in [0.2, 0.25) is 0 Å². The normalized spacial score (nSPS) is 21.8. The summed E-state index contributed by atoms with van der Waals surface area (Å²) in [5.74, 6) is -6.58. The molecule has 5 rings (SSSR count). The highest BCUT2D eigenvalue weighted by atomic mass is 32.2. The average Bonchev–Trinajstić information content (AvgIpc) is 3.47. The smallest absolute Gasteiger partial charge is 0.416 e. The van der Waals surface area contributed by atoms with E-state index in [4.69, 9.17) is 0 Å². The third-order valence-corrected chi connectivity index (χ3v) is 10.5. The number of hydrogen-bond acceptors (Lipinski definition) is 5. The van der Waals surface area contributed by atoms with Crippen LogP contribution in [0, 0.1) is 17.7 Å². The third-order valence-electron chi connectivity index (χ3n) is 8.72. The molecule has 1 aliphatic heterocycles. The quantitative estimate of drug-likeness (QED) is 0.274. The zero-order valence-electron chi connectivity index (χ0n) is 24.6. The first kappa shape index (κ1) is 32.9. The molecule has 1 aliphatic carbocycles. The lowest BCUT2D eigenvalue weighted by molar-refractivity contribution is -0.148. The van der Waals surface area contributed by atoms with E-state index in [1.54, 1.807) is 30.3 Å². The minimum absolute atomic E-state index is 0.0486. The molecule has 3 N–H and O–H groups in total. The number of aliphatic carboxylic acids is 1. The van der Waals surface area contributed by atoms with Crippen molar-refractivity contribution in [2.75, 3.05) is 23.2 Å². The number of carbonyl (C=O) groups is 3. The number of alkyl halides is 3. The molecule has 4 atom stereocenters. The Morgan fingerprint density at radius 3 is 2.33 bits per heavy atom. The van der Waals surface area contributed by atoms with Crippen molar-refractivity contribution in [3.8, 4) is 0 Å². The fourth-order valence-electron chi connectivity index (χ4n) is 6.23. The van der Waals surface area contributed by atoms with Crippen molar-refractivity contribution in [3.63, 3.8) is 0 Å². The predicted molar refractivity (Wildman–Crippen MR) is 160 cm³/mol. The molecule has 1 heterocycles. The number of carbonyl (C=O) groups excluding carboxylic acids is 2. The van der Waals surface area contributed by atoms with Crippen molar-refractivity contribution >= 4 is 39.2 Å². The van der Waals surface area contributed by atoms with Crippen molar-refractivity contribution in [3.05, 3.63) is 89.2 Å². The van der Waals surface area contributed by atoms with Gasteiger partial charge in [-0.05, 0) is 72.4 Å². The predicted octanol–water partition coefficient (Wildman–Crippen LogP) is 5.50. The summed E-state index contributed by atoms with van der Waals surface area (Å²) in [5.41, 5.74) is -0.127. The van der Waals surface area contributed by atoms with Crippen LogP contribution in [0.5, 0.6) is 0 Å². The molecule has 0 bridgehead atoms. The van der Waals surface area contributed by atoms with Crippen LogP contribution in [-0.4, -0.2) is 44.9 Å². The second-order valence-corrected chi connectivity index (χ2v) is 13.5. The summed E-state index contributed by atoms with van der Waals surface area (Å²) in [4.78, 5) is 37.3. The minimum Gasteiger partial charge on any atom is -0.481 e. The number of carboxylic acids is 1. The van der Waals surface area contributed by atoms with Gasteiger partial charge >= 0.3 is 12.1 Å². The molecule has 3 aromatic carbocycles. The van der Waals surface area contributed by atoms with Crippen LogP contribution < -0.4 is 14.9 Å². The number of anilines is 2. The molecule has 46 heavy (non-hydrogen) atoms. The second-order valence-electron chi connectivity index (χ2n) is 11.5. The van der Waals surface area contributed by atoms with Crippen LogP contribution in [0.15, 0.2) is 71.6 Å². The number of hydrogen-bond donors (Lipinski definition) is 3. The summed E-state index contributed by atoms with van der Waals surface area (Å²) in [6.07, 6.45) is -3.47. The Balaban J connectivity index is 1.33. The number of amides is 2. The van der Waals surface area contributed by atoms with Gasteiger partial charge in [0.05, 0.1) is 33.7 Å². The maximum Gasteiger partial charge on any atom is 0.416 e. The lowest BCUT2D eigenvalue weighted by atomic mass is 9.69. The Kier molecular flexibility index (Phi) is 9.12. The Morgan fingerprint density at radius 2 is 1.72 bits per heavy atom. The van der Waals surface area contributed by atoms with E-state index in [9.17, 15) is 45.5 Å². The van der Waals surface area contributed by atoms with Gasteiger partial charge in [-0.2, -0.15) is 13.2 Å². The first-order chi connectivity index (χ1) is 21.7.